The minimum Gasteiger partial charge on any atom is -0.271 e. The molecule has 3 N–H and O–H groups in total. The van der Waals surface area contributed by atoms with Crippen molar-refractivity contribution in [3.05, 3.63) is 40.4 Å². The number of pyridine rings is 1. The zero-order valence-electron chi connectivity index (χ0n) is 9.34. The molecule has 0 spiro atoms. The number of hydrogen-bond donors (Lipinski definition) is 2. The lowest BCUT2D eigenvalue weighted by Gasteiger charge is -2.14. The molecular formula is C10H13BrN6. The Kier molecular flexibility index (Phi) is 3.82. The van der Waals surface area contributed by atoms with E-state index in [4.69, 9.17) is 5.84 Å². The molecule has 0 radical (unpaired) electrons. The molecule has 0 aliphatic carbocycles. The van der Waals surface area contributed by atoms with Crippen molar-refractivity contribution in [1.82, 2.24) is 25.4 Å². The van der Waals surface area contributed by atoms with Crippen molar-refractivity contribution in [2.45, 2.75) is 12.5 Å². The number of nitrogens with one attached hydrogen (secondary N) is 1. The Hall–Kier alpha value is -1.31. The summed E-state index contributed by atoms with van der Waals surface area (Å²) in [6, 6.07) is 3.70. The van der Waals surface area contributed by atoms with Gasteiger partial charge >= 0.3 is 0 Å². The Morgan fingerprint density at radius 1 is 1.59 bits per heavy atom. The predicted octanol–water partition coefficient (Wildman–Crippen LogP) is 0.720. The second-order valence-electron chi connectivity index (χ2n) is 3.68. The predicted molar refractivity (Wildman–Crippen MR) is 66.7 cm³/mol. The molecule has 2 aromatic heterocycles. The topological polar surface area (TPSA) is 81.7 Å². The van der Waals surface area contributed by atoms with Crippen LogP contribution in [-0.2, 0) is 13.5 Å². The third-order valence-corrected chi connectivity index (χ3v) is 3.05. The van der Waals surface area contributed by atoms with Gasteiger partial charge in [0, 0.05) is 30.3 Å². The lowest BCUT2D eigenvalue weighted by Crippen LogP contribution is -2.30. The highest BCUT2D eigenvalue weighted by Gasteiger charge is 2.16. The molecule has 0 aliphatic rings. The summed E-state index contributed by atoms with van der Waals surface area (Å²) in [6.45, 7) is 0. The average molecular weight is 297 g/mol. The quantitative estimate of drug-likeness (QED) is 0.642. The Morgan fingerprint density at radius 2 is 2.41 bits per heavy atom. The lowest BCUT2D eigenvalue weighted by atomic mass is 10.1. The smallest absolute Gasteiger partial charge is 0.0847 e. The Bertz CT molecular complexity index is 497. The van der Waals surface area contributed by atoms with Gasteiger partial charge in [-0.3, -0.25) is 20.9 Å². The summed E-state index contributed by atoms with van der Waals surface area (Å²) in [6.07, 6.45) is 4.24. The Morgan fingerprint density at radius 3 is 3.00 bits per heavy atom. The molecule has 0 aliphatic heterocycles. The van der Waals surface area contributed by atoms with Crippen molar-refractivity contribution in [1.29, 1.82) is 0 Å². The maximum atomic E-state index is 5.56. The monoisotopic (exact) mass is 296 g/mol. The number of rotatable bonds is 4. The molecule has 17 heavy (non-hydrogen) atoms. The van der Waals surface area contributed by atoms with E-state index in [1.54, 1.807) is 10.9 Å². The van der Waals surface area contributed by atoms with Crippen LogP contribution in [0.2, 0.25) is 0 Å². The summed E-state index contributed by atoms with van der Waals surface area (Å²) in [4.78, 5) is 4.31. The SMILES string of the molecule is Cn1cc(CC(NN)c2ncccc2Br)nn1. The highest BCUT2D eigenvalue weighted by molar-refractivity contribution is 9.10. The fourth-order valence-corrected chi connectivity index (χ4v) is 2.12. The first kappa shape index (κ1) is 12.2. The zero-order chi connectivity index (χ0) is 12.3. The van der Waals surface area contributed by atoms with E-state index < -0.39 is 0 Å². The molecule has 0 saturated heterocycles. The molecule has 0 amide bonds. The first-order valence-electron chi connectivity index (χ1n) is 5.12. The van der Waals surface area contributed by atoms with Gasteiger partial charge in [-0.25, -0.2) is 0 Å². The number of aromatic nitrogens is 4. The number of nitrogens with two attached hydrogens (primary N) is 1. The number of nitrogens with zero attached hydrogens (tertiary/aromatic N) is 4. The second kappa shape index (κ2) is 5.35. The molecule has 2 rings (SSSR count). The first-order valence-corrected chi connectivity index (χ1v) is 5.91. The van der Waals surface area contributed by atoms with Gasteiger partial charge in [0.05, 0.1) is 17.4 Å². The third kappa shape index (κ3) is 2.87. The molecular weight excluding hydrogens is 284 g/mol. The van der Waals surface area contributed by atoms with Gasteiger partial charge in [-0.15, -0.1) is 5.10 Å². The van der Waals surface area contributed by atoms with Crippen molar-refractivity contribution in [3.63, 3.8) is 0 Å². The summed E-state index contributed by atoms with van der Waals surface area (Å²) in [5.74, 6) is 5.56. The Labute approximate surface area is 107 Å². The molecule has 7 heteroatoms. The molecule has 1 atom stereocenters. The van der Waals surface area contributed by atoms with Crippen molar-refractivity contribution in [2.24, 2.45) is 12.9 Å². The van der Waals surface area contributed by atoms with Gasteiger partial charge in [0.15, 0.2) is 0 Å². The lowest BCUT2D eigenvalue weighted by molar-refractivity contribution is 0.530. The number of halogens is 1. The molecule has 0 bridgehead atoms. The van der Waals surface area contributed by atoms with Crippen molar-refractivity contribution in [3.8, 4) is 0 Å². The highest BCUT2D eigenvalue weighted by atomic mass is 79.9. The molecule has 0 saturated carbocycles. The van der Waals surface area contributed by atoms with Gasteiger partial charge in [0.2, 0.25) is 0 Å². The van der Waals surface area contributed by atoms with Gasteiger partial charge in [0.25, 0.3) is 0 Å². The molecule has 2 heterocycles. The van der Waals surface area contributed by atoms with E-state index in [1.807, 2.05) is 25.4 Å². The number of aryl methyl sites for hydroxylation is 1. The number of hydrazine groups is 1. The van der Waals surface area contributed by atoms with Crippen LogP contribution in [0.1, 0.15) is 17.4 Å². The van der Waals surface area contributed by atoms with Crippen LogP contribution in [0.4, 0.5) is 0 Å². The van der Waals surface area contributed by atoms with E-state index in [0.717, 1.165) is 15.9 Å². The van der Waals surface area contributed by atoms with Crippen LogP contribution in [0.25, 0.3) is 0 Å². The third-order valence-electron chi connectivity index (χ3n) is 2.38. The summed E-state index contributed by atoms with van der Waals surface area (Å²) >= 11 is 3.46. The van der Waals surface area contributed by atoms with Gasteiger partial charge in [-0.2, -0.15) is 0 Å². The van der Waals surface area contributed by atoms with Gasteiger partial charge in [-0.1, -0.05) is 5.21 Å². The molecule has 6 nitrogen and oxygen atoms in total. The van der Waals surface area contributed by atoms with E-state index in [1.165, 1.54) is 0 Å². The van der Waals surface area contributed by atoms with Crippen LogP contribution in [0.15, 0.2) is 29.0 Å². The van der Waals surface area contributed by atoms with Gasteiger partial charge < -0.3 is 0 Å². The first-order chi connectivity index (χ1) is 8.20. The van der Waals surface area contributed by atoms with E-state index in [9.17, 15) is 0 Å². The summed E-state index contributed by atoms with van der Waals surface area (Å²) < 4.78 is 2.59. The highest BCUT2D eigenvalue weighted by Crippen LogP contribution is 2.22. The van der Waals surface area contributed by atoms with E-state index in [0.29, 0.717) is 6.42 Å². The van der Waals surface area contributed by atoms with Crippen LogP contribution in [0, 0.1) is 0 Å². The van der Waals surface area contributed by atoms with Crippen LogP contribution in [-0.4, -0.2) is 20.0 Å². The molecule has 0 aromatic carbocycles. The van der Waals surface area contributed by atoms with E-state index in [-0.39, 0.29) is 6.04 Å². The van der Waals surface area contributed by atoms with Gasteiger partial charge in [-0.05, 0) is 28.1 Å². The minimum absolute atomic E-state index is 0.0951. The van der Waals surface area contributed by atoms with Crippen molar-refractivity contribution >= 4 is 15.9 Å². The fourth-order valence-electron chi connectivity index (χ4n) is 1.59. The van der Waals surface area contributed by atoms with Crippen LogP contribution in [0.3, 0.4) is 0 Å². The number of hydrogen-bond acceptors (Lipinski definition) is 5. The van der Waals surface area contributed by atoms with Crippen LogP contribution in [0.5, 0.6) is 0 Å². The summed E-state index contributed by atoms with van der Waals surface area (Å²) in [5, 5.41) is 7.92. The van der Waals surface area contributed by atoms with Crippen LogP contribution >= 0.6 is 15.9 Å². The van der Waals surface area contributed by atoms with Crippen molar-refractivity contribution in [2.75, 3.05) is 0 Å². The Balaban J connectivity index is 2.20. The van der Waals surface area contributed by atoms with Gasteiger partial charge in [0.1, 0.15) is 0 Å². The summed E-state index contributed by atoms with van der Waals surface area (Å²) in [7, 11) is 1.83. The largest absolute Gasteiger partial charge is 0.271 e. The van der Waals surface area contributed by atoms with E-state index in [2.05, 4.69) is 36.7 Å². The minimum atomic E-state index is -0.0951. The molecule has 2 aromatic rings. The second-order valence-corrected chi connectivity index (χ2v) is 4.53. The van der Waals surface area contributed by atoms with Crippen molar-refractivity contribution < 1.29 is 0 Å². The molecule has 90 valence electrons. The normalized spacial score (nSPS) is 12.6. The standard InChI is InChI=1S/C10H13BrN6/c1-17-6-7(15-16-17)5-9(14-12)10-8(11)3-2-4-13-10/h2-4,6,9,14H,5,12H2,1H3. The average Bonchev–Trinajstić information content (AvgIpc) is 2.73. The fraction of sp³-hybridized carbons (Fsp3) is 0.300. The maximum absolute atomic E-state index is 5.56. The maximum Gasteiger partial charge on any atom is 0.0847 e. The molecule has 0 fully saturated rings. The summed E-state index contributed by atoms with van der Waals surface area (Å²) in [5.41, 5.74) is 4.48. The zero-order valence-corrected chi connectivity index (χ0v) is 10.9. The molecule has 1 unspecified atom stereocenters. The van der Waals surface area contributed by atoms with E-state index >= 15 is 0 Å². The van der Waals surface area contributed by atoms with Crippen LogP contribution < -0.4 is 11.3 Å².